The number of aryl methyl sites for hydroxylation is 1. The Morgan fingerprint density at radius 1 is 1.25 bits per heavy atom. The Labute approximate surface area is 120 Å². The zero-order valence-corrected chi connectivity index (χ0v) is 11.9. The molecule has 1 unspecified atom stereocenters. The van der Waals surface area contributed by atoms with E-state index >= 15 is 0 Å². The summed E-state index contributed by atoms with van der Waals surface area (Å²) in [7, 11) is 0. The smallest absolute Gasteiger partial charge is 0.223 e. The van der Waals surface area contributed by atoms with Gasteiger partial charge in [-0.1, -0.05) is 37.1 Å². The molecule has 1 fully saturated rings. The summed E-state index contributed by atoms with van der Waals surface area (Å²) >= 11 is 0. The number of rotatable bonds is 3. The van der Waals surface area contributed by atoms with Crippen LogP contribution in [0.15, 0.2) is 24.3 Å². The van der Waals surface area contributed by atoms with Gasteiger partial charge in [0.15, 0.2) is 0 Å². The number of hydrogen-bond donors (Lipinski definition) is 2. The average Bonchev–Trinajstić information content (AvgIpc) is 2.99. The fraction of sp³-hybridized carbons (Fsp3) is 0.588. The van der Waals surface area contributed by atoms with Crippen molar-refractivity contribution in [1.29, 1.82) is 0 Å². The monoisotopic (exact) mass is 273 g/mol. The molecule has 0 radical (unpaired) electrons. The Morgan fingerprint density at radius 2 is 1.95 bits per heavy atom. The van der Waals surface area contributed by atoms with Gasteiger partial charge < -0.3 is 10.4 Å². The highest BCUT2D eigenvalue weighted by molar-refractivity contribution is 5.78. The number of benzene rings is 1. The lowest BCUT2D eigenvalue weighted by molar-refractivity contribution is -0.126. The second-order valence-corrected chi connectivity index (χ2v) is 6.37. The van der Waals surface area contributed by atoms with Gasteiger partial charge in [0.05, 0.1) is 5.60 Å². The molecule has 2 N–H and O–H groups in total. The molecule has 0 saturated heterocycles. The third kappa shape index (κ3) is 2.88. The van der Waals surface area contributed by atoms with Crippen LogP contribution in [0.3, 0.4) is 0 Å². The highest BCUT2D eigenvalue weighted by atomic mass is 16.3. The SMILES string of the molecule is O=C(NCC1(O)CCc2ccccc2C1)C1CCCC1. The van der Waals surface area contributed by atoms with Crippen LogP contribution in [0.1, 0.15) is 43.2 Å². The first-order chi connectivity index (χ1) is 9.66. The summed E-state index contributed by atoms with van der Waals surface area (Å²) in [5.74, 6) is 0.310. The predicted molar refractivity (Wildman–Crippen MR) is 78.4 cm³/mol. The van der Waals surface area contributed by atoms with Gasteiger partial charge in [-0.15, -0.1) is 0 Å². The van der Waals surface area contributed by atoms with E-state index in [1.807, 2.05) is 12.1 Å². The van der Waals surface area contributed by atoms with Crippen LogP contribution in [0.5, 0.6) is 0 Å². The number of hydrogen-bond acceptors (Lipinski definition) is 2. The van der Waals surface area contributed by atoms with Gasteiger partial charge in [-0.05, 0) is 36.8 Å². The number of carbonyl (C=O) groups excluding carboxylic acids is 1. The minimum atomic E-state index is -0.775. The van der Waals surface area contributed by atoms with E-state index in [0.29, 0.717) is 13.0 Å². The first kappa shape index (κ1) is 13.6. The van der Waals surface area contributed by atoms with Crippen LogP contribution in [0, 0.1) is 5.92 Å². The van der Waals surface area contributed by atoms with Gasteiger partial charge in [0.1, 0.15) is 0 Å². The number of nitrogens with one attached hydrogen (secondary N) is 1. The summed E-state index contributed by atoms with van der Waals surface area (Å²) < 4.78 is 0. The van der Waals surface area contributed by atoms with Gasteiger partial charge in [-0.25, -0.2) is 0 Å². The second-order valence-electron chi connectivity index (χ2n) is 6.37. The molecule has 2 aliphatic rings. The van der Waals surface area contributed by atoms with Crippen molar-refractivity contribution in [2.75, 3.05) is 6.54 Å². The molecule has 3 rings (SSSR count). The molecule has 1 saturated carbocycles. The maximum atomic E-state index is 12.1. The van der Waals surface area contributed by atoms with Crippen molar-refractivity contribution in [2.24, 2.45) is 5.92 Å². The Bertz CT molecular complexity index is 494. The average molecular weight is 273 g/mol. The zero-order valence-electron chi connectivity index (χ0n) is 11.9. The van der Waals surface area contributed by atoms with Crippen molar-refractivity contribution in [3.8, 4) is 0 Å². The summed E-state index contributed by atoms with van der Waals surface area (Å²) in [6.07, 6.45) is 6.61. The summed E-state index contributed by atoms with van der Waals surface area (Å²) in [6.45, 7) is 0.386. The van der Waals surface area contributed by atoms with E-state index in [1.54, 1.807) is 0 Å². The van der Waals surface area contributed by atoms with Gasteiger partial charge in [0.2, 0.25) is 5.91 Å². The van der Waals surface area contributed by atoms with E-state index in [1.165, 1.54) is 11.1 Å². The molecule has 3 heteroatoms. The third-order valence-corrected chi connectivity index (χ3v) is 4.82. The van der Waals surface area contributed by atoms with Crippen LogP contribution in [0.2, 0.25) is 0 Å². The van der Waals surface area contributed by atoms with Crippen molar-refractivity contribution in [1.82, 2.24) is 5.32 Å². The quantitative estimate of drug-likeness (QED) is 0.887. The minimum Gasteiger partial charge on any atom is -0.388 e. The minimum absolute atomic E-state index is 0.134. The topological polar surface area (TPSA) is 49.3 Å². The Kier molecular flexibility index (Phi) is 3.79. The molecule has 3 nitrogen and oxygen atoms in total. The normalized spacial score (nSPS) is 26.2. The molecular formula is C17H23NO2. The maximum Gasteiger partial charge on any atom is 0.223 e. The van der Waals surface area contributed by atoms with Crippen LogP contribution in [0.4, 0.5) is 0 Å². The van der Waals surface area contributed by atoms with Crippen LogP contribution in [-0.2, 0) is 17.6 Å². The molecule has 1 amide bonds. The summed E-state index contributed by atoms with van der Waals surface area (Å²) in [5, 5.41) is 13.7. The van der Waals surface area contributed by atoms with Crippen LogP contribution in [-0.4, -0.2) is 23.2 Å². The van der Waals surface area contributed by atoms with Crippen molar-refractivity contribution >= 4 is 5.91 Å². The largest absolute Gasteiger partial charge is 0.388 e. The predicted octanol–water partition coefficient (Wildman–Crippen LogP) is 2.21. The van der Waals surface area contributed by atoms with Gasteiger partial charge in [0, 0.05) is 18.9 Å². The molecule has 0 aliphatic heterocycles. The highest BCUT2D eigenvalue weighted by Gasteiger charge is 2.33. The summed E-state index contributed by atoms with van der Waals surface area (Å²) in [5.41, 5.74) is 1.78. The molecule has 2 aliphatic carbocycles. The molecular weight excluding hydrogens is 250 g/mol. The van der Waals surface area contributed by atoms with Crippen LogP contribution < -0.4 is 5.32 Å². The van der Waals surface area contributed by atoms with Gasteiger partial charge in [-0.3, -0.25) is 4.79 Å². The zero-order chi connectivity index (χ0) is 14.0. The molecule has 108 valence electrons. The molecule has 0 aromatic heterocycles. The molecule has 1 aromatic rings. The lowest BCUT2D eigenvalue weighted by Crippen LogP contribution is -2.47. The molecule has 1 atom stereocenters. The van der Waals surface area contributed by atoms with E-state index in [4.69, 9.17) is 0 Å². The standard InChI is InChI=1S/C17H23NO2/c19-16(14-6-2-3-7-14)18-12-17(20)10-9-13-5-1-4-8-15(13)11-17/h1,4-5,8,14,20H,2-3,6-7,9-12H2,(H,18,19). The first-order valence-corrected chi connectivity index (χ1v) is 7.73. The molecule has 0 heterocycles. The van der Waals surface area contributed by atoms with E-state index in [-0.39, 0.29) is 11.8 Å². The van der Waals surface area contributed by atoms with Crippen molar-refractivity contribution < 1.29 is 9.90 Å². The Balaban J connectivity index is 1.59. The molecule has 0 spiro atoms. The van der Waals surface area contributed by atoms with Gasteiger partial charge >= 0.3 is 0 Å². The van der Waals surface area contributed by atoms with Crippen molar-refractivity contribution in [2.45, 2.75) is 50.5 Å². The number of amides is 1. The summed E-state index contributed by atoms with van der Waals surface area (Å²) in [4.78, 5) is 12.1. The fourth-order valence-corrected chi connectivity index (χ4v) is 3.52. The van der Waals surface area contributed by atoms with E-state index in [0.717, 1.165) is 38.5 Å². The maximum absolute atomic E-state index is 12.1. The number of aliphatic hydroxyl groups is 1. The fourth-order valence-electron chi connectivity index (χ4n) is 3.52. The Morgan fingerprint density at radius 3 is 2.70 bits per heavy atom. The van der Waals surface area contributed by atoms with Gasteiger partial charge in [-0.2, -0.15) is 0 Å². The van der Waals surface area contributed by atoms with E-state index in [9.17, 15) is 9.90 Å². The van der Waals surface area contributed by atoms with E-state index < -0.39 is 5.60 Å². The number of carbonyl (C=O) groups is 1. The molecule has 1 aromatic carbocycles. The lowest BCUT2D eigenvalue weighted by atomic mass is 9.80. The van der Waals surface area contributed by atoms with Crippen LogP contribution in [0.25, 0.3) is 0 Å². The highest BCUT2D eigenvalue weighted by Crippen LogP contribution is 2.29. The summed E-state index contributed by atoms with van der Waals surface area (Å²) in [6, 6.07) is 8.27. The first-order valence-electron chi connectivity index (χ1n) is 7.73. The Hall–Kier alpha value is -1.35. The van der Waals surface area contributed by atoms with Crippen LogP contribution >= 0.6 is 0 Å². The van der Waals surface area contributed by atoms with Crippen molar-refractivity contribution in [3.05, 3.63) is 35.4 Å². The number of fused-ring (bicyclic) bond motifs is 1. The van der Waals surface area contributed by atoms with E-state index in [2.05, 4.69) is 17.4 Å². The molecule has 0 bridgehead atoms. The molecule has 20 heavy (non-hydrogen) atoms. The third-order valence-electron chi connectivity index (χ3n) is 4.82. The second kappa shape index (κ2) is 5.57. The van der Waals surface area contributed by atoms with Gasteiger partial charge in [0.25, 0.3) is 0 Å². The van der Waals surface area contributed by atoms with Crippen molar-refractivity contribution in [3.63, 3.8) is 0 Å². The lowest BCUT2D eigenvalue weighted by Gasteiger charge is -2.34.